The molecule has 0 aliphatic carbocycles. The van der Waals surface area contributed by atoms with E-state index >= 15 is 0 Å². The standard InChI is InChI=1S/C20H28N6O3/c1-12(2)10-21-18(27)15-9-14-17(23-11-22-14)20(24-15)4-6-26(7-5-20)19(28)16-8-13(3)29-25-16/h8,11-12,15,24H,4-7,9-10H2,1-3H3,(H,21,27)(H,22,23)/t15-/m0/s1. The minimum Gasteiger partial charge on any atom is -0.361 e. The van der Waals surface area contributed by atoms with Crippen molar-refractivity contribution >= 4 is 11.8 Å². The molecule has 3 N–H and O–H groups in total. The van der Waals surface area contributed by atoms with E-state index in [4.69, 9.17) is 4.52 Å². The summed E-state index contributed by atoms with van der Waals surface area (Å²) in [6.07, 6.45) is 3.64. The van der Waals surface area contributed by atoms with Gasteiger partial charge < -0.3 is 19.7 Å². The Bertz CT molecular complexity index is 894. The van der Waals surface area contributed by atoms with Crippen molar-refractivity contribution in [3.05, 3.63) is 35.2 Å². The predicted molar refractivity (Wildman–Crippen MR) is 105 cm³/mol. The summed E-state index contributed by atoms with van der Waals surface area (Å²) in [5.41, 5.74) is 1.89. The maximum Gasteiger partial charge on any atom is 0.276 e. The molecule has 0 saturated carbocycles. The molecular weight excluding hydrogens is 372 g/mol. The molecule has 1 atom stereocenters. The van der Waals surface area contributed by atoms with Crippen LogP contribution >= 0.6 is 0 Å². The first-order valence-corrected chi connectivity index (χ1v) is 10.2. The van der Waals surface area contributed by atoms with Crippen molar-refractivity contribution < 1.29 is 14.1 Å². The highest BCUT2D eigenvalue weighted by Gasteiger charge is 2.46. The molecule has 156 valence electrons. The Labute approximate surface area is 169 Å². The third kappa shape index (κ3) is 3.78. The first-order valence-electron chi connectivity index (χ1n) is 10.2. The SMILES string of the molecule is Cc1cc(C(=O)N2CCC3(CC2)N[C@H](C(=O)NCC(C)C)Cc2[nH]cnc23)no1. The number of aromatic nitrogens is 3. The number of likely N-dealkylation sites (tertiary alicyclic amines) is 1. The lowest BCUT2D eigenvalue weighted by molar-refractivity contribution is -0.124. The molecule has 1 fully saturated rings. The number of aromatic amines is 1. The molecule has 9 heteroatoms. The molecule has 4 rings (SSSR count). The smallest absolute Gasteiger partial charge is 0.276 e. The summed E-state index contributed by atoms with van der Waals surface area (Å²) in [4.78, 5) is 35.0. The van der Waals surface area contributed by atoms with E-state index in [2.05, 4.69) is 39.6 Å². The van der Waals surface area contributed by atoms with Crippen LogP contribution in [0.15, 0.2) is 16.9 Å². The van der Waals surface area contributed by atoms with Crippen LogP contribution in [-0.4, -0.2) is 57.5 Å². The Hall–Kier alpha value is -2.68. The molecule has 0 aromatic carbocycles. The Morgan fingerprint density at radius 2 is 2.14 bits per heavy atom. The fraction of sp³-hybridized carbons (Fsp3) is 0.600. The summed E-state index contributed by atoms with van der Waals surface area (Å²) in [6.45, 7) is 7.69. The number of aryl methyl sites for hydroxylation is 1. The summed E-state index contributed by atoms with van der Waals surface area (Å²) < 4.78 is 5.03. The van der Waals surface area contributed by atoms with Crippen molar-refractivity contribution in [2.45, 2.75) is 51.6 Å². The molecule has 9 nitrogen and oxygen atoms in total. The highest BCUT2D eigenvalue weighted by atomic mass is 16.5. The van der Waals surface area contributed by atoms with Crippen LogP contribution in [0.1, 0.15) is 54.3 Å². The van der Waals surface area contributed by atoms with Gasteiger partial charge in [0.2, 0.25) is 5.91 Å². The average molecular weight is 400 g/mol. The molecule has 1 spiro atoms. The van der Waals surface area contributed by atoms with Gasteiger partial charge in [0.05, 0.1) is 23.6 Å². The first-order chi connectivity index (χ1) is 13.9. The van der Waals surface area contributed by atoms with Crippen LogP contribution in [0.2, 0.25) is 0 Å². The van der Waals surface area contributed by atoms with E-state index in [-0.39, 0.29) is 17.9 Å². The second kappa shape index (κ2) is 7.62. The summed E-state index contributed by atoms with van der Waals surface area (Å²) >= 11 is 0. The highest BCUT2D eigenvalue weighted by Crippen LogP contribution is 2.37. The number of carbonyl (C=O) groups excluding carboxylic acids is 2. The first kappa shape index (κ1) is 19.6. The van der Waals surface area contributed by atoms with Crippen LogP contribution in [-0.2, 0) is 16.8 Å². The Morgan fingerprint density at radius 3 is 2.79 bits per heavy atom. The second-order valence-corrected chi connectivity index (χ2v) is 8.47. The lowest BCUT2D eigenvalue weighted by atomic mass is 9.78. The maximum atomic E-state index is 12.7. The van der Waals surface area contributed by atoms with Crippen molar-refractivity contribution in [1.29, 1.82) is 0 Å². The van der Waals surface area contributed by atoms with E-state index in [1.165, 1.54) is 0 Å². The number of amides is 2. The van der Waals surface area contributed by atoms with Gasteiger partial charge in [-0.3, -0.25) is 14.9 Å². The molecule has 2 aromatic heterocycles. The quantitative estimate of drug-likeness (QED) is 0.708. The van der Waals surface area contributed by atoms with Gasteiger partial charge in [0.15, 0.2) is 5.69 Å². The largest absolute Gasteiger partial charge is 0.361 e. The number of piperidine rings is 1. The number of H-pyrrole nitrogens is 1. The van der Waals surface area contributed by atoms with E-state index in [0.29, 0.717) is 56.3 Å². The molecule has 1 saturated heterocycles. The van der Waals surface area contributed by atoms with Crippen LogP contribution in [0.5, 0.6) is 0 Å². The molecule has 4 heterocycles. The fourth-order valence-corrected chi connectivity index (χ4v) is 4.23. The number of nitrogens with zero attached hydrogens (tertiary/aromatic N) is 3. The van der Waals surface area contributed by atoms with Crippen molar-refractivity contribution in [3.8, 4) is 0 Å². The van der Waals surface area contributed by atoms with Crippen LogP contribution in [0, 0.1) is 12.8 Å². The lowest BCUT2D eigenvalue weighted by Gasteiger charge is -2.46. The molecule has 2 aromatic rings. The monoisotopic (exact) mass is 400 g/mol. The summed E-state index contributed by atoms with van der Waals surface area (Å²) in [5.74, 6) is 0.900. The van der Waals surface area contributed by atoms with E-state index in [1.54, 1.807) is 24.2 Å². The molecule has 0 bridgehead atoms. The molecule has 2 aliphatic heterocycles. The van der Waals surface area contributed by atoms with Crippen LogP contribution in [0.4, 0.5) is 0 Å². The molecule has 2 aliphatic rings. The van der Waals surface area contributed by atoms with E-state index < -0.39 is 5.54 Å². The Balaban J connectivity index is 1.48. The number of fused-ring (bicyclic) bond motifs is 2. The number of hydrogen-bond donors (Lipinski definition) is 3. The second-order valence-electron chi connectivity index (χ2n) is 8.47. The Morgan fingerprint density at radius 1 is 1.38 bits per heavy atom. The minimum atomic E-state index is -0.413. The zero-order valence-corrected chi connectivity index (χ0v) is 17.1. The van der Waals surface area contributed by atoms with E-state index in [0.717, 1.165) is 11.4 Å². The van der Waals surface area contributed by atoms with Gasteiger partial charge in [-0.1, -0.05) is 19.0 Å². The summed E-state index contributed by atoms with van der Waals surface area (Å²) in [7, 11) is 0. The normalized spacial score (nSPS) is 20.7. The Kier molecular flexibility index (Phi) is 5.16. The minimum absolute atomic E-state index is 0.00917. The van der Waals surface area contributed by atoms with Gasteiger partial charge in [0.1, 0.15) is 5.76 Å². The number of imidazole rings is 1. The molecule has 29 heavy (non-hydrogen) atoms. The third-order valence-electron chi connectivity index (χ3n) is 5.78. The van der Waals surface area contributed by atoms with Gasteiger partial charge in [-0.05, 0) is 25.7 Å². The lowest BCUT2D eigenvalue weighted by Crippen LogP contribution is -2.62. The van der Waals surface area contributed by atoms with Gasteiger partial charge >= 0.3 is 0 Å². The van der Waals surface area contributed by atoms with Gasteiger partial charge in [0, 0.05) is 37.8 Å². The van der Waals surface area contributed by atoms with Crippen LogP contribution < -0.4 is 10.6 Å². The molecule has 2 amide bonds. The van der Waals surface area contributed by atoms with Crippen LogP contribution in [0.25, 0.3) is 0 Å². The van der Waals surface area contributed by atoms with E-state index in [1.807, 2.05) is 0 Å². The van der Waals surface area contributed by atoms with Crippen molar-refractivity contribution in [3.63, 3.8) is 0 Å². The molecule has 0 radical (unpaired) electrons. The third-order valence-corrected chi connectivity index (χ3v) is 5.78. The summed E-state index contributed by atoms with van der Waals surface area (Å²) in [5, 5.41) is 10.4. The van der Waals surface area contributed by atoms with Gasteiger partial charge in [-0.15, -0.1) is 0 Å². The highest BCUT2D eigenvalue weighted by molar-refractivity contribution is 5.92. The van der Waals surface area contributed by atoms with E-state index in [9.17, 15) is 9.59 Å². The van der Waals surface area contributed by atoms with Crippen molar-refractivity contribution in [2.24, 2.45) is 5.92 Å². The van der Waals surface area contributed by atoms with Crippen molar-refractivity contribution in [2.75, 3.05) is 19.6 Å². The van der Waals surface area contributed by atoms with Crippen molar-refractivity contribution in [1.82, 2.24) is 30.7 Å². The fourth-order valence-electron chi connectivity index (χ4n) is 4.23. The number of nitrogens with one attached hydrogen (secondary N) is 3. The number of rotatable bonds is 4. The maximum absolute atomic E-state index is 12.7. The summed E-state index contributed by atoms with van der Waals surface area (Å²) in [6, 6.07) is 1.34. The van der Waals surface area contributed by atoms with Gasteiger partial charge in [-0.2, -0.15) is 0 Å². The zero-order valence-electron chi connectivity index (χ0n) is 17.1. The van der Waals surface area contributed by atoms with Crippen LogP contribution in [0.3, 0.4) is 0 Å². The number of hydrogen-bond acceptors (Lipinski definition) is 6. The predicted octanol–water partition coefficient (Wildman–Crippen LogP) is 1.12. The van der Waals surface area contributed by atoms with Gasteiger partial charge in [-0.25, -0.2) is 4.98 Å². The average Bonchev–Trinajstić information content (AvgIpc) is 3.35. The van der Waals surface area contributed by atoms with Gasteiger partial charge in [0.25, 0.3) is 5.91 Å². The zero-order chi connectivity index (χ0) is 20.6. The molecular formula is C20H28N6O3. The number of carbonyl (C=O) groups is 2. The topological polar surface area (TPSA) is 116 Å². The molecule has 0 unspecified atom stereocenters.